The van der Waals surface area contributed by atoms with E-state index in [0.717, 1.165) is 22.5 Å². The van der Waals surface area contributed by atoms with Gasteiger partial charge in [-0.25, -0.2) is 9.78 Å². The smallest absolute Gasteiger partial charge is 0.348 e. The number of benzene rings is 1. The summed E-state index contributed by atoms with van der Waals surface area (Å²) in [4.78, 5) is 42.6. The Morgan fingerprint density at radius 3 is 2.61 bits per heavy atom. The summed E-state index contributed by atoms with van der Waals surface area (Å²) in [5.74, 6) is -0.830. The van der Waals surface area contributed by atoms with E-state index >= 15 is 0 Å². The zero-order valence-corrected chi connectivity index (χ0v) is 17.1. The van der Waals surface area contributed by atoms with Crippen LogP contribution in [0.3, 0.4) is 0 Å². The van der Waals surface area contributed by atoms with E-state index in [1.165, 1.54) is 18.0 Å². The molecule has 0 radical (unpaired) electrons. The Morgan fingerprint density at radius 1 is 1.25 bits per heavy atom. The number of esters is 1. The Morgan fingerprint density at radius 2 is 1.96 bits per heavy atom. The molecule has 28 heavy (non-hydrogen) atoms. The normalized spacial score (nSPS) is 12.0. The number of aromatic nitrogens is 2. The fourth-order valence-electron chi connectivity index (χ4n) is 3.02. The molecule has 3 rings (SSSR count). The summed E-state index contributed by atoms with van der Waals surface area (Å²) in [5.41, 5.74) is 2.89. The van der Waals surface area contributed by atoms with E-state index in [1.807, 2.05) is 32.0 Å². The highest BCUT2D eigenvalue weighted by molar-refractivity contribution is 7.20. The van der Waals surface area contributed by atoms with E-state index in [-0.39, 0.29) is 11.5 Å². The van der Waals surface area contributed by atoms with Gasteiger partial charge in [0.15, 0.2) is 0 Å². The first-order valence-corrected chi connectivity index (χ1v) is 9.53. The number of methoxy groups -OCH3 is 1. The van der Waals surface area contributed by atoms with Crippen molar-refractivity contribution in [3.63, 3.8) is 0 Å². The lowest BCUT2D eigenvalue weighted by Gasteiger charge is -2.16. The van der Waals surface area contributed by atoms with Crippen LogP contribution in [0.1, 0.15) is 39.3 Å². The van der Waals surface area contributed by atoms with Crippen molar-refractivity contribution in [2.45, 2.75) is 33.7 Å². The minimum Gasteiger partial charge on any atom is -0.465 e. The quantitative estimate of drug-likeness (QED) is 0.680. The fraction of sp³-hybridized carbons (Fsp3) is 0.300. The monoisotopic (exact) mass is 399 g/mol. The van der Waals surface area contributed by atoms with Crippen LogP contribution in [-0.2, 0) is 9.53 Å². The molecule has 3 aromatic rings. The number of nitrogens with one attached hydrogen (secondary N) is 1. The highest BCUT2D eigenvalue weighted by atomic mass is 32.1. The topological polar surface area (TPSA) is 90.3 Å². The molecule has 0 spiro atoms. The van der Waals surface area contributed by atoms with Crippen LogP contribution in [0.4, 0.5) is 5.69 Å². The number of anilines is 1. The van der Waals surface area contributed by atoms with Crippen molar-refractivity contribution in [1.82, 2.24) is 9.55 Å². The van der Waals surface area contributed by atoms with Crippen molar-refractivity contribution in [2.24, 2.45) is 0 Å². The minimum absolute atomic E-state index is 0.323. The standard InChI is InChI=1S/C20H21N3O4S/c1-10-6-7-14(11(2)8-10)22-17(24)13(4)23-9-21-18-15(19(23)25)12(3)16(28-18)20(26)27-5/h6-9,13H,1-5H3,(H,22,24). The predicted molar refractivity (Wildman–Crippen MR) is 109 cm³/mol. The predicted octanol–water partition coefficient (Wildman–Crippen LogP) is 3.37. The molecular formula is C20H21N3O4S. The zero-order chi connectivity index (χ0) is 20.6. The molecule has 1 aromatic carbocycles. The van der Waals surface area contributed by atoms with Crippen molar-refractivity contribution in [2.75, 3.05) is 12.4 Å². The average molecular weight is 399 g/mol. The maximum Gasteiger partial charge on any atom is 0.348 e. The third-order valence-electron chi connectivity index (χ3n) is 4.68. The molecule has 0 fully saturated rings. The molecule has 146 valence electrons. The first-order valence-electron chi connectivity index (χ1n) is 8.71. The van der Waals surface area contributed by atoms with E-state index in [4.69, 9.17) is 4.74 Å². The first kappa shape index (κ1) is 19.8. The molecule has 2 aromatic heterocycles. The van der Waals surface area contributed by atoms with Gasteiger partial charge in [0, 0.05) is 5.69 Å². The molecule has 1 unspecified atom stereocenters. The van der Waals surface area contributed by atoms with Gasteiger partial charge in [0.25, 0.3) is 5.56 Å². The molecule has 0 saturated heterocycles. The number of carbonyl (C=O) groups excluding carboxylic acids is 2. The number of rotatable bonds is 4. The Hall–Kier alpha value is -3.00. The van der Waals surface area contributed by atoms with Gasteiger partial charge in [0.05, 0.1) is 18.8 Å². The Balaban J connectivity index is 1.97. The molecule has 1 atom stereocenters. The summed E-state index contributed by atoms with van der Waals surface area (Å²) in [6.07, 6.45) is 1.34. The van der Waals surface area contributed by atoms with Crippen molar-refractivity contribution in [3.8, 4) is 0 Å². The van der Waals surface area contributed by atoms with Crippen LogP contribution < -0.4 is 10.9 Å². The molecule has 0 bridgehead atoms. The number of thiophene rings is 1. The third-order valence-corrected chi connectivity index (χ3v) is 5.86. The van der Waals surface area contributed by atoms with Gasteiger partial charge in [0.1, 0.15) is 15.7 Å². The van der Waals surface area contributed by atoms with E-state index < -0.39 is 12.0 Å². The van der Waals surface area contributed by atoms with Gasteiger partial charge in [-0.15, -0.1) is 11.3 Å². The number of amides is 1. The maximum atomic E-state index is 13.0. The second-order valence-corrected chi connectivity index (χ2v) is 7.67. The summed E-state index contributed by atoms with van der Waals surface area (Å²) in [5, 5.41) is 3.19. The van der Waals surface area contributed by atoms with Crippen LogP contribution in [0, 0.1) is 20.8 Å². The van der Waals surface area contributed by atoms with Crippen molar-refractivity contribution in [1.29, 1.82) is 0 Å². The average Bonchev–Trinajstić information content (AvgIpc) is 3.00. The van der Waals surface area contributed by atoms with E-state index in [9.17, 15) is 14.4 Å². The lowest BCUT2D eigenvalue weighted by molar-refractivity contribution is -0.118. The van der Waals surface area contributed by atoms with E-state index in [0.29, 0.717) is 26.3 Å². The molecule has 8 heteroatoms. The molecule has 0 saturated carbocycles. The van der Waals surface area contributed by atoms with Crippen molar-refractivity contribution in [3.05, 3.63) is 56.4 Å². The number of aryl methyl sites for hydroxylation is 3. The van der Waals surface area contributed by atoms with Crippen LogP contribution in [0.25, 0.3) is 10.2 Å². The highest BCUT2D eigenvalue weighted by Gasteiger charge is 2.23. The Bertz CT molecular complexity index is 1150. The number of fused-ring (bicyclic) bond motifs is 1. The van der Waals surface area contributed by atoms with Gasteiger partial charge in [-0.1, -0.05) is 17.7 Å². The van der Waals surface area contributed by atoms with Gasteiger partial charge < -0.3 is 10.1 Å². The van der Waals surface area contributed by atoms with Crippen LogP contribution in [0.5, 0.6) is 0 Å². The maximum absolute atomic E-state index is 13.0. The zero-order valence-electron chi connectivity index (χ0n) is 16.3. The number of hydrogen-bond acceptors (Lipinski definition) is 6. The lowest BCUT2D eigenvalue weighted by atomic mass is 10.1. The molecule has 0 aliphatic heterocycles. The lowest BCUT2D eigenvalue weighted by Crippen LogP contribution is -2.32. The molecule has 0 aliphatic carbocycles. The fourth-order valence-corrected chi connectivity index (χ4v) is 4.08. The number of carbonyl (C=O) groups is 2. The van der Waals surface area contributed by atoms with Crippen LogP contribution >= 0.6 is 11.3 Å². The SMILES string of the molecule is COC(=O)c1sc2ncn(C(C)C(=O)Nc3ccc(C)cc3C)c(=O)c2c1C. The summed E-state index contributed by atoms with van der Waals surface area (Å²) in [7, 11) is 1.29. The van der Waals surface area contributed by atoms with Crippen LogP contribution in [-0.4, -0.2) is 28.5 Å². The highest BCUT2D eigenvalue weighted by Crippen LogP contribution is 2.27. The summed E-state index contributed by atoms with van der Waals surface area (Å²) < 4.78 is 6.04. The molecule has 1 N–H and O–H groups in total. The van der Waals surface area contributed by atoms with Crippen molar-refractivity contribution < 1.29 is 14.3 Å². The van der Waals surface area contributed by atoms with Gasteiger partial charge in [-0.05, 0) is 44.9 Å². The largest absolute Gasteiger partial charge is 0.465 e. The van der Waals surface area contributed by atoms with Gasteiger partial charge in [-0.3, -0.25) is 14.2 Å². The second-order valence-electron chi connectivity index (χ2n) is 6.67. The van der Waals surface area contributed by atoms with Crippen LogP contribution in [0.15, 0.2) is 29.3 Å². The molecule has 2 heterocycles. The van der Waals surface area contributed by atoms with Gasteiger partial charge >= 0.3 is 5.97 Å². The Kier molecular flexibility index (Phi) is 5.33. The van der Waals surface area contributed by atoms with Crippen LogP contribution in [0.2, 0.25) is 0 Å². The van der Waals surface area contributed by atoms with Gasteiger partial charge in [-0.2, -0.15) is 0 Å². The third kappa shape index (κ3) is 3.43. The number of hydrogen-bond donors (Lipinski definition) is 1. The summed E-state index contributed by atoms with van der Waals surface area (Å²) >= 11 is 1.11. The Labute approximate surface area is 166 Å². The van der Waals surface area contributed by atoms with Gasteiger partial charge in [0.2, 0.25) is 5.91 Å². The molecular weight excluding hydrogens is 378 g/mol. The van der Waals surface area contributed by atoms with Crippen molar-refractivity contribution >= 4 is 39.1 Å². The number of nitrogens with zero attached hydrogens (tertiary/aromatic N) is 2. The molecule has 7 nitrogen and oxygen atoms in total. The number of ether oxygens (including phenoxy) is 1. The van der Waals surface area contributed by atoms with E-state index in [1.54, 1.807) is 13.8 Å². The first-order chi connectivity index (χ1) is 13.2. The summed E-state index contributed by atoms with van der Waals surface area (Å²) in [6.45, 7) is 7.21. The molecule has 1 amide bonds. The summed E-state index contributed by atoms with van der Waals surface area (Å²) in [6, 6.07) is 4.95. The van der Waals surface area contributed by atoms with E-state index in [2.05, 4.69) is 10.3 Å². The second kappa shape index (κ2) is 7.55. The minimum atomic E-state index is -0.772. The molecule has 0 aliphatic rings.